The quantitative estimate of drug-likeness (QED) is 0.747. The van der Waals surface area contributed by atoms with E-state index in [1.54, 1.807) is 7.11 Å². The number of benzene rings is 1. The lowest BCUT2D eigenvalue weighted by Gasteiger charge is -2.26. The zero-order chi connectivity index (χ0) is 13.5. The SMILES string of the molecule is CO/C=C1/CCCCC1CC(C#N)c1ccccc1. The van der Waals surface area contributed by atoms with Gasteiger partial charge in [-0.05, 0) is 42.7 Å². The minimum Gasteiger partial charge on any atom is -0.504 e. The van der Waals surface area contributed by atoms with Crippen LogP contribution in [0.4, 0.5) is 0 Å². The number of ether oxygens (including phenoxy) is 1. The van der Waals surface area contributed by atoms with Crippen molar-refractivity contribution in [3.8, 4) is 6.07 Å². The Kier molecular flexibility index (Phi) is 5.03. The fourth-order valence-electron chi connectivity index (χ4n) is 2.92. The van der Waals surface area contributed by atoms with Crippen molar-refractivity contribution in [2.24, 2.45) is 5.92 Å². The second-order valence-corrected chi connectivity index (χ2v) is 5.20. The predicted octanol–water partition coefficient (Wildman–Crippen LogP) is 4.40. The maximum Gasteiger partial charge on any atom is 0.0819 e. The third kappa shape index (κ3) is 3.61. The molecule has 0 N–H and O–H groups in total. The number of nitrogens with zero attached hydrogens (tertiary/aromatic N) is 1. The van der Waals surface area contributed by atoms with Crippen LogP contribution in [-0.4, -0.2) is 7.11 Å². The van der Waals surface area contributed by atoms with Crippen molar-refractivity contribution in [3.63, 3.8) is 0 Å². The molecule has 0 bridgehead atoms. The standard InChI is InChI=1S/C17H21NO/c1-19-13-16-10-6-5-9-15(16)11-17(12-18)14-7-3-2-4-8-14/h2-4,7-8,13,15,17H,5-6,9-11H2,1H3/b16-13-. The summed E-state index contributed by atoms with van der Waals surface area (Å²) in [5, 5.41) is 9.43. The van der Waals surface area contributed by atoms with Crippen LogP contribution in [0.1, 0.15) is 43.6 Å². The highest BCUT2D eigenvalue weighted by Gasteiger charge is 2.23. The van der Waals surface area contributed by atoms with Crippen molar-refractivity contribution in [2.75, 3.05) is 7.11 Å². The average Bonchev–Trinajstić information content (AvgIpc) is 2.47. The smallest absolute Gasteiger partial charge is 0.0819 e. The molecule has 0 heterocycles. The lowest BCUT2D eigenvalue weighted by atomic mass is 9.78. The van der Waals surface area contributed by atoms with Gasteiger partial charge in [0.15, 0.2) is 0 Å². The van der Waals surface area contributed by atoms with Crippen LogP contribution in [0.5, 0.6) is 0 Å². The molecule has 2 unspecified atom stereocenters. The van der Waals surface area contributed by atoms with E-state index < -0.39 is 0 Å². The normalized spacial score (nSPS) is 22.7. The van der Waals surface area contributed by atoms with Crippen molar-refractivity contribution in [1.82, 2.24) is 0 Å². The van der Waals surface area contributed by atoms with E-state index in [0.717, 1.165) is 18.4 Å². The first kappa shape index (κ1) is 13.7. The van der Waals surface area contributed by atoms with Crippen molar-refractivity contribution >= 4 is 0 Å². The Bertz CT molecular complexity index is 458. The molecule has 2 atom stereocenters. The van der Waals surface area contributed by atoms with Gasteiger partial charge in [0.25, 0.3) is 0 Å². The van der Waals surface area contributed by atoms with Crippen LogP contribution in [0.25, 0.3) is 0 Å². The van der Waals surface area contributed by atoms with Crippen LogP contribution in [0, 0.1) is 17.2 Å². The van der Waals surface area contributed by atoms with Crippen molar-refractivity contribution in [2.45, 2.75) is 38.0 Å². The molecule has 0 saturated heterocycles. The van der Waals surface area contributed by atoms with Gasteiger partial charge < -0.3 is 4.74 Å². The monoisotopic (exact) mass is 255 g/mol. The van der Waals surface area contributed by atoms with Crippen LogP contribution in [0.3, 0.4) is 0 Å². The van der Waals surface area contributed by atoms with E-state index in [-0.39, 0.29) is 5.92 Å². The van der Waals surface area contributed by atoms with E-state index in [2.05, 4.69) is 18.2 Å². The molecule has 0 spiro atoms. The molecule has 1 aromatic rings. The maximum atomic E-state index is 9.43. The first-order valence-electron chi connectivity index (χ1n) is 7.01. The molecule has 2 rings (SSSR count). The van der Waals surface area contributed by atoms with Crippen molar-refractivity contribution in [1.29, 1.82) is 5.26 Å². The molecule has 1 aromatic carbocycles. The summed E-state index contributed by atoms with van der Waals surface area (Å²) in [7, 11) is 1.71. The summed E-state index contributed by atoms with van der Waals surface area (Å²) in [4.78, 5) is 0. The molecule has 19 heavy (non-hydrogen) atoms. The Labute approximate surface area is 115 Å². The molecule has 2 heteroatoms. The van der Waals surface area contributed by atoms with Gasteiger partial charge in [-0.25, -0.2) is 0 Å². The minimum atomic E-state index is -0.00967. The molecular weight excluding hydrogens is 234 g/mol. The Morgan fingerprint density at radius 1 is 1.37 bits per heavy atom. The Hall–Kier alpha value is -1.75. The van der Waals surface area contributed by atoms with Gasteiger partial charge >= 0.3 is 0 Å². The molecule has 0 amide bonds. The van der Waals surface area contributed by atoms with Crippen LogP contribution in [0.2, 0.25) is 0 Å². The Morgan fingerprint density at radius 2 is 2.16 bits per heavy atom. The first-order chi connectivity index (χ1) is 9.35. The molecule has 1 aliphatic carbocycles. The highest BCUT2D eigenvalue weighted by molar-refractivity contribution is 5.25. The Morgan fingerprint density at radius 3 is 2.84 bits per heavy atom. The molecule has 0 aliphatic heterocycles. The molecule has 2 nitrogen and oxygen atoms in total. The van der Waals surface area contributed by atoms with E-state index in [1.807, 2.05) is 24.5 Å². The van der Waals surface area contributed by atoms with E-state index in [1.165, 1.54) is 24.8 Å². The van der Waals surface area contributed by atoms with Gasteiger partial charge in [-0.15, -0.1) is 0 Å². The summed E-state index contributed by atoms with van der Waals surface area (Å²) in [5.41, 5.74) is 2.51. The summed E-state index contributed by atoms with van der Waals surface area (Å²) in [6.45, 7) is 0. The summed E-state index contributed by atoms with van der Waals surface area (Å²) < 4.78 is 5.19. The Balaban J connectivity index is 2.09. The van der Waals surface area contributed by atoms with Crippen LogP contribution in [0.15, 0.2) is 42.2 Å². The molecule has 100 valence electrons. The molecular formula is C17H21NO. The van der Waals surface area contributed by atoms with Crippen LogP contribution < -0.4 is 0 Å². The summed E-state index contributed by atoms with van der Waals surface area (Å²) in [6.07, 6.45) is 7.61. The van der Waals surface area contributed by atoms with Gasteiger partial charge in [0.2, 0.25) is 0 Å². The van der Waals surface area contributed by atoms with E-state index in [0.29, 0.717) is 5.92 Å². The maximum absolute atomic E-state index is 9.43. The third-order valence-electron chi connectivity index (χ3n) is 3.94. The van der Waals surface area contributed by atoms with Gasteiger partial charge in [-0.1, -0.05) is 36.8 Å². The van der Waals surface area contributed by atoms with Gasteiger partial charge in [-0.3, -0.25) is 0 Å². The van der Waals surface area contributed by atoms with Gasteiger partial charge in [0.1, 0.15) is 0 Å². The van der Waals surface area contributed by atoms with Crippen LogP contribution >= 0.6 is 0 Å². The van der Waals surface area contributed by atoms with E-state index in [4.69, 9.17) is 4.74 Å². The summed E-state index contributed by atoms with van der Waals surface area (Å²) >= 11 is 0. The van der Waals surface area contributed by atoms with Crippen molar-refractivity contribution in [3.05, 3.63) is 47.7 Å². The van der Waals surface area contributed by atoms with Gasteiger partial charge in [0.05, 0.1) is 25.4 Å². The number of methoxy groups -OCH3 is 1. The number of hydrogen-bond acceptors (Lipinski definition) is 2. The summed E-state index contributed by atoms with van der Waals surface area (Å²) in [5.74, 6) is 0.489. The first-order valence-corrected chi connectivity index (χ1v) is 7.01. The van der Waals surface area contributed by atoms with Crippen molar-refractivity contribution < 1.29 is 4.74 Å². The van der Waals surface area contributed by atoms with Crippen LogP contribution in [-0.2, 0) is 4.74 Å². The number of nitriles is 1. The molecule has 0 aromatic heterocycles. The second kappa shape index (κ2) is 6.99. The number of hydrogen-bond donors (Lipinski definition) is 0. The molecule has 1 fully saturated rings. The molecule has 1 aliphatic rings. The second-order valence-electron chi connectivity index (χ2n) is 5.20. The zero-order valence-electron chi connectivity index (χ0n) is 11.5. The van der Waals surface area contributed by atoms with E-state index in [9.17, 15) is 5.26 Å². The number of allylic oxidation sites excluding steroid dienone is 1. The number of rotatable bonds is 4. The topological polar surface area (TPSA) is 33.0 Å². The van der Waals surface area contributed by atoms with Gasteiger partial charge in [0, 0.05) is 0 Å². The fourth-order valence-corrected chi connectivity index (χ4v) is 2.92. The van der Waals surface area contributed by atoms with Gasteiger partial charge in [-0.2, -0.15) is 5.26 Å². The highest BCUT2D eigenvalue weighted by atomic mass is 16.5. The average molecular weight is 255 g/mol. The predicted molar refractivity (Wildman–Crippen MR) is 76.5 cm³/mol. The largest absolute Gasteiger partial charge is 0.504 e. The minimum absolute atomic E-state index is 0.00967. The summed E-state index contributed by atoms with van der Waals surface area (Å²) in [6, 6.07) is 12.6. The fraction of sp³-hybridized carbons (Fsp3) is 0.471. The van der Waals surface area contributed by atoms with E-state index >= 15 is 0 Å². The molecule has 0 radical (unpaired) electrons. The zero-order valence-corrected chi connectivity index (χ0v) is 11.5. The molecule has 1 saturated carbocycles. The lowest BCUT2D eigenvalue weighted by molar-refractivity contribution is 0.313. The highest BCUT2D eigenvalue weighted by Crippen LogP contribution is 2.36. The third-order valence-corrected chi connectivity index (χ3v) is 3.94. The lowest BCUT2D eigenvalue weighted by Crippen LogP contribution is -2.14.